The zero-order valence-corrected chi connectivity index (χ0v) is 19.2. The summed E-state index contributed by atoms with van der Waals surface area (Å²) in [5, 5.41) is 2.82. The van der Waals surface area contributed by atoms with Crippen molar-refractivity contribution in [3.8, 4) is 0 Å². The van der Waals surface area contributed by atoms with Crippen LogP contribution >= 0.6 is 11.6 Å². The van der Waals surface area contributed by atoms with Crippen LogP contribution in [0.3, 0.4) is 0 Å². The van der Waals surface area contributed by atoms with Gasteiger partial charge >= 0.3 is 0 Å². The molecule has 5 saturated carbocycles. The fourth-order valence-electron chi connectivity index (χ4n) is 6.48. The first kappa shape index (κ1) is 22.1. The van der Waals surface area contributed by atoms with Gasteiger partial charge in [-0.25, -0.2) is 12.8 Å². The van der Waals surface area contributed by atoms with E-state index in [9.17, 15) is 22.4 Å². The number of primary amides is 1. The molecular formula is C22H27ClFN3O4S. The molecule has 0 saturated heterocycles. The molecule has 10 heteroatoms. The molecule has 0 aliphatic heterocycles. The smallest absolute Gasteiger partial charge is 0.243 e. The number of hydrogen-bond donors (Lipinski definition) is 2. The van der Waals surface area contributed by atoms with Crippen molar-refractivity contribution in [3.05, 3.63) is 29.0 Å². The second-order valence-electron chi connectivity index (χ2n) is 10.1. The van der Waals surface area contributed by atoms with Gasteiger partial charge in [-0.05, 0) is 80.9 Å². The van der Waals surface area contributed by atoms with E-state index in [1.54, 1.807) is 0 Å². The molecule has 0 aromatic heterocycles. The van der Waals surface area contributed by atoms with E-state index >= 15 is 0 Å². The Balaban J connectivity index is 1.31. The van der Waals surface area contributed by atoms with Crippen LogP contribution in [0.15, 0.2) is 23.1 Å². The lowest BCUT2D eigenvalue weighted by Gasteiger charge is -2.58. The van der Waals surface area contributed by atoms with Gasteiger partial charge in [0.1, 0.15) is 5.82 Å². The largest absolute Gasteiger partial charge is 0.369 e. The van der Waals surface area contributed by atoms with Crippen molar-refractivity contribution >= 4 is 33.4 Å². The molecule has 1 aromatic carbocycles. The highest BCUT2D eigenvalue weighted by Crippen LogP contribution is 2.59. The molecule has 5 aliphatic carbocycles. The average Bonchev–Trinajstić information content (AvgIpc) is 3.55. The summed E-state index contributed by atoms with van der Waals surface area (Å²) in [6, 6.07) is 2.97. The van der Waals surface area contributed by atoms with E-state index in [4.69, 9.17) is 17.3 Å². The molecule has 5 fully saturated rings. The third-order valence-electron chi connectivity index (χ3n) is 7.87. The topological polar surface area (TPSA) is 110 Å². The predicted octanol–water partition coefficient (Wildman–Crippen LogP) is 2.43. The first-order valence-corrected chi connectivity index (χ1v) is 13.0. The highest BCUT2D eigenvalue weighted by molar-refractivity contribution is 7.89. The second kappa shape index (κ2) is 7.67. The molecule has 32 heavy (non-hydrogen) atoms. The van der Waals surface area contributed by atoms with Crippen molar-refractivity contribution < 1.29 is 22.4 Å². The Morgan fingerprint density at radius 1 is 1.19 bits per heavy atom. The maximum Gasteiger partial charge on any atom is 0.243 e. The van der Waals surface area contributed by atoms with Crippen LogP contribution in [-0.2, 0) is 19.6 Å². The number of carbonyl (C=O) groups is 2. The third kappa shape index (κ3) is 3.72. The highest BCUT2D eigenvalue weighted by Gasteiger charge is 2.58. The number of carbonyl (C=O) groups excluding carboxylic acids is 2. The number of sulfonamides is 1. The molecule has 2 amide bonds. The molecule has 174 valence electrons. The van der Waals surface area contributed by atoms with Gasteiger partial charge in [-0.15, -0.1) is 0 Å². The van der Waals surface area contributed by atoms with Crippen molar-refractivity contribution in [2.45, 2.75) is 61.9 Å². The molecule has 5 aliphatic rings. The Morgan fingerprint density at radius 2 is 1.84 bits per heavy atom. The Kier molecular flexibility index (Phi) is 5.30. The predicted molar refractivity (Wildman–Crippen MR) is 115 cm³/mol. The number of benzene rings is 1. The van der Waals surface area contributed by atoms with Crippen LogP contribution < -0.4 is 11.1 Å². The van der Waals surface area contributed by atoms with Gasteiger partial charge in [0.2, 0.25) is 21.8 Å². The number of nitrogens with two attached hydrogens (primary N) is 1. The fourth-order valence-corrected chi connectivity index (χ4v) is 8.39. The Hall–Kier alpha value is -1.71. The maximum atomic E-state index is 13.5. The standard InChI is InChI=1S/C22H27ClFN3O4S/c23-17-7-16(3-4-18(17)24)32(30,31)27(15-1-2-15)11-19(28)26-20-13-5-12-6-14(20)10-22(8-12,9-13)21(25)29/h3-4,7,12-15,20H,1-2,5-6,8-11H2,(H2,25,29)(H,26,28). The number of nitrogens with zero attached hydrogens (tertiary/aromatic N) is 1. The van der Waals surface area contributed by atoms with Crippen LogP contribution in [-0.4, -0.2) is 43.2 Å². The number of amides is 2. The number of halogens is 2. The van der Waals surface area contributed by atoms with Gasteiger partial charge in [-0.2, -0.15) is 4.31 Å². The van der Waals surface area contributed by atoms with E-state index in [0.717, 1.165) is 31.4 Å². The Morgan fingerprint density at radius 3 is 2.41 bits per heavy atom. The van der Waals surface area contributed by atoms with E-state index in [1.165, 1.54) is 10.4 Å². The molecule has 3 N–H and O–H groups in total. The molecule has 0 heterocycles. The Bertz CT molecular complexity index is 1060. The van der Waals surface area contributed by atoms with Crippen molar-refractivity contribution in [3.63, 3.8) is 0 Å². The molecule has 2 unspecified atom stereocenters. The van der Waals surface area contributed by atoms with Crippen LogP contribution in [0.25, 0.3) is 0 Å². The van der Waals surface area contributed by atoms with Crippen molar-refractivity contribution in [1.29, 1.82) is 0 Å². The molecule has 0 radical (unpaired) electrons. The molecule has 0 spiro atoms. The second-order valence-corrected chi connectivity index (χ2v) is 12.4. The van der Waals surface area contributed by atoms with Gasteiger partial charge < -0.3 is 11.1 Å². The first-order valence-electron chi connectivity index (χ1n) is 11.2. The van der Waals surface area contributed by atoms with E-state index in [1.807, 2.05) is 0 Å². The summed E-state index contributed by atoms with van der Waals surface area (Å²) in [7, 11) is -3.99. The Labute approximate surface area is 191 Å². The van der Waals surface area contributed by atoms with Crippen LogP contribution in [0.2, 0.25) is 5.02 Å². The van der Waals surface area contributed by atoms with E-state index in [2.05, 4.69) is 5.32 Å². The lowest BCUT2D eigenvalue weighted by atomic mass is 9.47. The SMILES string of the molecule is NC(=O)C12CC3CC(C1)C(NC(=O)CN(C1CC1)S(=O)(=O)c1ccc(F)c(Cl)c1)C(C3)C2. The monoisotopic (exact) mass is 483 g/mol. The first-order chi connectivity index (χ1) is 15.1. The number of nitrogens with one attached hydrogen (secondary N) is 1. The number of rotatable bonds is 7. The summed E-state index contributed by atoms with van der Waals surface area (Å²) >= 11 is 5.79. The zero-order valence-electron chi connectivity index (χ0n) is 17.6. The van der Waals surface area contributed by atoms with E-state index in [0.29, 0.717) is 31.6 Å². The molecule has 1 aromatic rings. The van der Waals surface area contributed by atoms with Gasteiger partial charge in [-0.3, -0.25) is 9.59 Å². The normalized spacial score (nSPS) is 33.5. The highest BCUT2D eigenvalue weighted by atomic mass is 35.5. The quantitative estimate of drug-likeness (QED) is 0.620. The lowest BCUT2D eigenvalue weighted by Crippen LogP contribution is -2.62. The van der Waals surface area contributed by atoms with Crippen LogP contribution in [0.1, 0.15) is 44.9 Å². The molecule has 6 rings (SSSR count). The average molecular weight is 484 g/mol. The van der Waals surface area contributed by atoms with E-state index in [-0.39, 0.29) is 52.2 Å². The fraction of sp³-hybridized carbons (Fsp3) is 0.636. The minimum atomic E-state index is -3.99. The number of hydrogen-bond acceptors (Lipinski definition) is 4. The van der Waals surface area contributed by atoms with Crippen molar-refractivity contribution in [2.24, 2.45) is 28.9 Å². The molecular weight excluding hydrogens is 457 g/mol. The van der Waals surface area contributed by atoms with Gasteiger partial charge in [-0.1, -0.05) is 11.6 Å². The minimum absolute atomic E-state index is 0.0597. The summed E-state index contributed by atoms with van der Waals surface area (Å²) in [6.07, 6.45) is 5.53. The molecule has 7 nitrogen and oxygen atoms in total. The summed E-state index contributed by atoms with van der Waals surface area (Å²) in [5.74, 6) is -0.416. The summed E-state index contributed by atoms with van der Waals surface area (Å²) < 4.78 is 41.1. The van der Waals surface area contributed by atoms with Gasteiger partial charge in [0.15, 0.2) is 0 Å². The lowest BCUT2D eigenvalue weighted by molar-refractivity contribution is -0.147. The summed E-state index contributed by atoms with van der Waals surface area (Å²) in [5.41, 5.74) is 5.29. The van der Waals surface area contributed by atoms with E-state index < -0.39 is 21.3 Å². The summed E-state index contributed by atoms with van der Waals surface area (Å²) in [6.45, 7) is -0.289. The third-order valence-corrected chi connectivity index (χ3v) is 10.1. The van der Waals surface area contributed by atoms with Gasteiger partial charge in [0.25, 0.3) is 0 Å². The van der Waals surface area contributed by atoms with Crippen molar-refractivity contribution in [1.82, 2.24) is 9.62 Å². The van der Waals surface area contributed by atoms with Crippen LogP contribution in [0, 0.1) is 29.0 Å². The maximum absolute atomic E-state index is 13.5. The van der Waals surface area contributed by atoms with Gasteiger partial charge in [0.05, 0.1) is 16.5 Å². The summed E-state index contributed by atoms with van der Waals surface area (Å²) in [4.78, 5) is 25.0. The van der Waals surface area contributed by atoms with Crippen molar-refractivity contribution in [2.75, 3.05) is 6.54 Å². The minimum Gasteiger partial charge on any atom is -0.369 e. The van der Waals surface area contributed by atoms with Gasteiger partial charge in [0, 0.05) is 17.5 Å². The van der Waals surface area contributed by atoms with Crippen LogP contribution in [0.4, 0.5) is 4.39 Å². The van der Waals surface area contributed by atoms with Crippen LogP contribution in [0.5, 0.6) is 0 Å². The zero-order chi connectivity index (χ0) is 22.8. The molecule has 2 atom stereocenters. The molecule has 4 bridgehead atoms.